The average molecular weight is 621 g/mol. The highest BCUT2D eigenvalue weighted by Crippen LogP contribution is 2.34. The molecule has 1 aromatic heterocycles. The number of anilines is 2. The van der Waals surface area contributed by atoms with Crippen molar-refractivity contribution in [2.24, 2.45) is 0 Å². The molecule has 43 heavy (non-hydrogen) atoms. The predicted octanol–water partition coefficient (Wildman–Crippen LogP) is 7.00. The van der Waals surface area contributed by atoms with E-state index < -0.39 is 62.4 Å². The molecule has 3 aromatic carbocycles. The van der Waals surface area contributed by atoms with E-state index in [0.29, 0.717) is 22.7 Å². The number of alkyl halides is 1. The maximum absolute atomic E-state index is 14.5. The molecule has 0 saturated heterocycles. The van der Waals surface area contributed by atoms with Crippen LogP contribution in [0.15, 0.2) is 48.7 Å². The Balaban J connectivity index is 1.46. The summed E-state index contributed by atoms with van der Waals surface area (Å²) >= 11 is 0. The van der Waals surface area contributed by atoms with Gasteiger partial charge < -0.3 is 4.90 Å². The Morgan fingerprint density at radius 3 is 2.28 bits per heavy atom. The number of benzene rings is 3. The van der Waals surface area contributed by atoms with Crippen LogP contribution in [0, 0.1) is 23.3 Å². The molecule has 0 aliphatic heterocycles. The number of rotatable bonds is 9. The third-order valence-corrected chi connectivity index (χ3v) is 9.57. The third-order valence-electron chi connectivity index (χ3n) is 7.95. The van der Waals surface area contributed by atoms with Gasteiger partial charge in [0.15, 0.2) is 28.5 Å². The number of nitrogens with one attached hydrogen (secondary N) is 2. The number of aromatic nitrogens is 2. The number of H-pyrrole nitrogens is 1. The zero-order valence-electron chi connectivity index (χ0n) is 23.1. The fraction of sp³-hybridized carbons (Fsp3) is 0.333. The zero-order chi connectivity index (χ0) is 30.9. The van der Waals surface area contributed by atoms with Gasteiger partial charge in [-0.1, -0.05) is 43.5 Å². The van der Waals surface area contributed by atoms with Crippen LogP contribution in [-0.2, 0) is 28.0 Å². The van der Waals surface area contributed by atoms with Crippen LogP contribution in [0.2, 0.25) is 0 Å². The van der Waals surface area contributed by atoms with Crippen molar-refractivity contribution in [3.63, 3.8) is 0 Å². The maximum atomic E-state index is 14.5. The second kappa shape index (κ2) is 12.3. The highest BCUT2D eigenvalue weighted by Gasteiger charge is 2.36. The van der Waals surface area contributed by atoms with E-state index in [4.69, 9.17) is 0 Å². The van der Waals surface area contributed by atoms with Gasteiger partial charge in [-0.15, -0.1) is 0 Å². The van der Waals surface area contributed by atoms with Gasteiger partial charge in [0, 0.05) is 11.1 Å². The molecule has 13 heteroatoms. The summed E-state index contributed by atoms with van der Waals surface area (Å²) in [6, 6.07) is 12.6. The fourth-order valence-electron chi connectivity index (χ4n) is 5.37. The van der Waals surface area contributed by atoms with E-state index in [1.807, 2.05) is 24.3 Å². The Morgan fingerprint density at radius 1 is 1.00 bits per heavy atom. The van der Waals surface area contributed by atoms with E-state index in [-0.39, 0.29) is 6.54 Å². The molecule has 1 aliphatic carbocycles. The molecule has 7 nitrogen and oxygen atoms in total. The van der Waals surface area contributed by atoms with Gasteiger partial charge in [-0.2, -0.15) is 5.10 Å². The minimum atomic E-state index is -4.98. The number of halogens is 5. The highest BCUT2D eigenvalue weighted by molar-refractivity contribution is 7.94. The fourth-order valence-corrected chi connectivity index (χ4v) is 6.40. The van der Waals surface area contributed by atoms with Crippen LogP contribution < -0.4 is 9.62 Å². The molecule has 1 aliphatic rings. The van der Waals surface area contributed by atoms with Crippen molar-refractivity contribution in [3.8, 4) is 0 Å². The number of carbonyl (C=O) groups is 1. The number of hydrogen-bond acceptors (Lipinski definition) is 4. The Bertz CT molecular complexity index is 1730. The van der Waals surface area contributed by atoms with Crippen molar-refractivity contribution in [1.82, 2.24) is 10.2 Å². The van der Waals surface area contributed by atoms with Crippen LogP contribution in [0.3, 0.4) is 0 Å². The number of carbonyl (C=O) groups excluding carboxylic acids is 1. The molecule has 0 spiro atoms. The molecule has 0 unspecified atom stereocenters. The van der Waals surface area contributed by atoms with Crippen molar-refractivity contribution >= 4 is 38.2 Å². The number of amides is 1. The van der Waals surface area contributed by atoms with Gasteiger partial charge in [0.25, 0.3) is 0 Å². The number of sulfonamides is 1. The quantitative estimate of drug-likeness (QED) is 0.156. The van der Waals surface area contributed by atoms with Crippen LogP contribution in [-0.4, -0.2) is 29.8 Å². The molecule has 0 bridgehead atoms. The molecule has 1 saturated carbocycles. The molecule has 4 aromatic rings. The van der Waals surface area contributed by atoms with Crippen LogP contribution in [0.25, 0.3) is 10.9 Å². The molecule has 1 fully saturated rings. The van der Waals surface area contributed by atoms with Crippen molar-refractivity contribution in [2.45, 2.75) is 63.4 Å². The number of aromatic amines is 1. The first-order valence-corrected chi connectivity index (χ1v) is 15.3. The Labute approximate surface area is 245 Å². The van der Waals surface area contributed by atoms with Gasteiger partial charge in [-0.3, -0.25) is 14.6 Å². The van der Waals surface area contributed by atoms with Crippen LogP contribution >= 0.6 is 0 Å². The summed E-state index contributed by atoms with van der Waals surface area (Å²) in [5.74, 6) is -8.95. The van der Waals surface area contributed by atoms with Crippen LogP contribution in [0.5, 0.6) is 0 Å². The molecular weight excluding hydrogens is 591 g/mol. The lowest BCUT2D eigenvalue weighted by Gasteiger charge is -2.27. The number of fused-ring (bicyclic) bond motifs is 1. The topological polar surface area (TPSA) is 95.2 Å². The van der Waals surface area contributed by atoms with Crippen LogP contribution in [0.1, 0.15) is 61.6 Å². The zero-order valence-corrected chi connectivity index (χ0v) is 24.0. The standard InChI is InChI=1S/C30H29F5N4O3S/c1-17(43(41,42)38-29-27(34)25(32)23(14-31)26(33)28(29)35)30(40)39(22-12-11-21-15-36-37-24(21)13-22)16-18-7-9-20(10-8-18)19-5-3-2-4-6-19/h7-13,15,17,19,38H,2-6,14,16H2,1H3,(H,36,37)/t17-/m1/s1. The van der Waals surface area contributed by atoms with Gasteiger partial charge in [-0.25, -0.2) is 30.4 Å². The van der Waals surface area contributed by atoms with Crippen LogP contribution in [0.4, 0.5) is 33.3 Å². The highest BCUT2D eigenvalue weighted by atomic mass is 32.2. The van der Waals surface area contributed by atoms with E-state index in [2.05, 4.69) is 10.2 Å². The maximum Gasteiger partial charge on any atom is 0.247 e. The summed E-state index contributed by atoms with van der Waals surface area (Å²) < 4.78 is 98.0. The summed E-state index contributed by atoms with van der Waals surface area (Å²) in [5.41, 5.74) is -0.449. The minimum absolute atomic E-state index is 0.0551. The molecule has 228 valence electrons. The van der Waals surface area contributed by atoms with Crippen molar-refractivity contribution < 1.29 is 35.2 Å². The summed E-state index contributed by atoms with van der Waals surface area (Å²) in [6.45, 7) is -0.928. The van der Waals surface area contributed by atoms with Gasteiger partial charge in [0.2, 0.25) is 15.9 Å². The summed E-state index contributed by atoms with van der Waals surface area (Å²) in [6.07, 6.45) is 7.32. The second-order valence-electron chi connectivity index (χ2n) is 10.7. The second-order valence-corrected chi connectivity index (χ2v) is 12.7. The van der Waals surface area contributed by atoms with E-state index in [1.165, 1.54) is 21.6 Å². The van der Waals surface area contributed by atoms with Crippen molar-refractivity contribution in [3.05, 3.63) is 88.6 Å². The lowest BCUT2D eigenvalue weighted by Crippen LogP contribution is -2.43. The SMILES string of the molecule is C[C@H](C(=O)N(Cc1ccc(C2CCCCC2)cc1)c1ccc2cn[nH]c2c1)S(=O)(=O)Nc1c(F)c(F)c(CF)c(F)c1F. The Kier molecular flexibility index (Phi) is 8.72. The van der Waals surface area contributed by atoms with E-state index in [1.54, 1.807) is 24.4 Å². The molecule has 1 amide bonds. The molecule has 2 N–H and O–H groups in total. The van der Waals surface area contributed by atoms with E-state index in [9.17, 15) is 35.2 Å². The Hall–Kier alpha value is -4.00. The van der Waals surface area contributed by atoms with Gasteiger partial charge in [-0.05, 0) is 55.0 Å². The summed E-state index contributed by atoms with van der Waals surface area (Å²) in [4.78, 5) is 15.0. The molecule has 1 heterocycles. The number of hydrogen-bond donors (Lipinski definition) is 2. The number of nitrogens with zero attached hydrogens (tertiary/aromatic N) is 2. The normalized spacial score (nSPS) is 15.0. The van der Waals surface area contributed by atoms with Gasteiger partial charge in [0.1, 0.15) is 12.4 Å². The Morgan fingerprint density at radius 2 is 1.65 bits per heavy atom. The first-order chi connectivity index (χ1) is 20.5. The first kappa shape index (κ1) is 30.5. The molecule has 5 rings (SSSR count). The molecule has 0 radical (unpaired) electrons. The molecule has 1 atom stereocenters. The lowest BCUT2D eigenvalue weighted by molar-refractivity contribution is -0.118. The van der Waals surface area contributed by atoms with Crippen molar-refractivity contribution in [2.75, 3.05) is 9.62 Å². The summed E-state index contributed by atoms with van der Waals surface area (Å²) in [7, 11) is -4.98. The lowest BCUT2D eigenvalue weighted by atomic mass is 9.84. The third kappa shape index (κ3) is 6.08. The minimum Gasteiger partial charge on any atom is -0.307 e. The molecular formula is C30H29F5N4O3S. The smallest absolute Gasteiger partial charge is 0.247 e. The average Bonchev–Trinajstić information content (AvgIpc) is 3.49. The first-order valence-electron chi connectivity index (χ1n) is 13.8. The monoisotopic (exact) mass is 620 g/mol. The van der Waals surface area contributed by atoms with Gasteiger partial charge in [0.05, 0.1) is 23.8 Å². The van der Waals surface area contributed by atoms with E-state index >= 15 is 0 Å². The van der Waals surface area contributed by atoms with E-state index in [0.717, 1.165) is 38.0 Å². The predicted molar refractivity (Wildman–Crippen MR) is 153 cm³/mol. The van der Waals surface area contributed by atoms with Crippen molar-refractivity contribution in [1.29, 1.82) is 0 Å². The largest absolute Gasteiger partial charge is 0.307 e. The summed E-state index contributed by atoms with van der Waals surface area (Å²) in [5, 5.41) is 5.51. The van der Waals surface area contributed by atoms with Gasteiger partial charge >= 0.3 is 0 Å².